The number of anilines is 2. The number of carbonyl (C=O) groups is 2. The molecule has 1 atom stereocenters. The molecule has 0 aromatic heterocycles. The fourth-order valence-electron chi connectivity index (χ4n) is 1.77. The maximum absolute atomic E-state index is 12.1. The van der Waals surface area contributed by atoms with E-state index in [1.807, 2.05) is 0 Å². The standard InChI is InChI=1S/C13H15BrN2O4/c1-8(17)15-10-3-2-9(14)6-11(10)16-13(18)12-7-19-4-5-20-12/h2-3,6,12H,4-5,7H2,1H3,(H,15,17)(H,16,18)/t12-/m0/s1. The zero-order valence-corrected chi connectivity index (χ0v) is 12.5. The molecule has 108 valence electrons. The van der Waals surface area contributed by atoms with E-state index in [0.29, 0.717) is 24.6 Å². The summed E-state index contributed by atoms with van der Waals surface area (Å²) in [7, 11) is 0. The van der Waals surface area contributed by atoms with Crippen molar-refractivity contribution in [2.24, 2.45) is 0 Å². The molecule has 1 aromatic rings. The number of amides is 2. The van der Waals surface area contributed by atoms with Crippen molar-refractivity contribution in [3.63, 3.8) is 0 Å². The van der Waals surface area contributed by atoms with E-state index >= 15 is 0 Å². The van der Waals surface area contributed by atoms with Gasteiger partial charge < -0.3 is 20.1 Å². The van der Waals surface area contributed by atoms with Crippen LogP contribution in [0.1, 0.15) is 6.92 Å². The van der Waals surface area contributed by atoms with Gasteiger partial charge in [-0.2, -0.15) is 0 Å². The van der Waals surface area contributed by atoms with Gasteiger partial charge in [0, 0.05) is 11.4 Å². The second kappa shape index (κ2) is 6.83. The molecule has 7 heteroatoms. The van der Waals surface area contributed by atoms with Gasteiger partial charge >= 0.3 is 0 Å². The number of carbonyl (C=O) groups excluding carboxylic acids is 2. The van der Waals surface area contributed by atoms with Gasteiger partial charge in [-0.1, -0.05) is 15.9 Å². The number of benzene rings is 1. The van der Waals surface area contributed by atoms with Crippen molar-refractivity contribution in [2.75, 3.05) is 30.5 Å². The number of rotatable bonds is 3. The minimum atomic E-state index is -0.632. The lowest BCUT2D eigenvalue weighted by Gasteiger charge is -2.22. The highest BCUT2D eigenvalue weighted by atomic mass is 79.9. The molecule has 20 heavy (non-hydrogen) atoms. The molecule has 1 aliphatic heterocycles. The topological polar surface area (TPSA) is 76.7 Å². The number of halogens is 1. The van der Waals surface area contributed by atoms with E-state index in [0.717, 1.165) is 4.47 Å². The van der Waals surface area contributed by atoms with Crippen LogP contribution in [0.4, 0.5) is 11.4 Å². The maximum Gasteiger partial charge on any atom is 0.255 e. The largest absolute Gasteiger partial charge is 0.376 e. The summed E-state index contributed by atoms with van der Waals surface area (Å²) in [6.07, 6.45) is -0.632. The highest BCUT2D eigenvalue weighted by molar-refractivity contribution is 9.10. The van der Waals surface area contributed by atoms with Crippen molar-refractivity contribution in [3.8, 4) is 0 Å². The fraction of sp³-hybridized carbons (Fsp3) is 0.385. The minimum Gasteiger partial charge on any atom is -0.376 e. The molecule has 0 spiro atoms. The molecule has 0 aliphatic carbocycles. The Balaban J connectivity index is 2.12. The van der Waals surface area contributed by atoms with Gasteiger partial charge in [0.15, 0.2) is 6.10 Å². The Hall–Kier alpha value is -1.44. The van der Waals surface area contributed by atoms with E-state index in [4.69, 9.17) is 9.47 Å². The Bertz CT molecular complexity index is 515. The predicted molar refractivity (Wildman–Crippen MR) is 77.6 cm³/mol. The maximum atomic E-state index is 12.1. The Morgan fingerprint density at radius 3 is 2.70 bits per heavy atom. The van der Waals surface area contributed by atoms with E-state index in [1.54, 1.807) is 18.2 Å². The SMILES string of the molecule is CC(=O)Nc1ccc(Br)cc1NC(=O)[C@@H]1COCCO1. The predicted octanol–water partition coefficient (Wildman–Crippen LogP) is 1.76. The van der Waals surface area contributed by atoms with Gasteiger partial charge in [-0.15, -0.1) is 0 Å². The van der Waals surface area contributed by atoms with Crippen LogP contribution in [0.5, 0.6) is 0 Å². The van der Waals surface area contributed by atoms with Gasteiger partial charge in [-0.25, -0.2) is 0 Å². The summed E-state index contributed by atoms with van der Waals surface area (Å²) in [5.74, 6) is -0.505. The molecular weight excluding hydrogens is 328 g/mol. The van der Waals surface area contributed by atoms with Crippen molar-refractivity contribution < 1.29 is 19.1 Å². The van der Waals surface area contributed by atoms with Crippen molar-refractivity contribution >= 4 is 39.1 Å². The molecule has 1 aromatic carbocycles. The third-order valence-electron chi connectivity index (χ3n) is 2.66. The van der Waals surface area contributed by atoms with Crippen molar-refractivity contribution in [2.45, 2.75) is 13.0 Å². The third-order valence-corrected chi connectivity index (χ3v) is 3.15. The van der Waals surface area contributed by atoms with E-state index in [9.17, 15) is 9.59 Å². The number of nitrogens with one attached hydrogen (secondary N) is 2. The molecule has 2 rings (SSSR count). The first-order valence-electron chi connectivity index (χ1n) is 6.13. The van der Waals surface area contributed by atoms with Crippen LogP contribution in [0.25, 0.3) is 0 Å². The summed E-state index contributed by atoms with van der Waals surface area (Å²) in [6, 6.07) is 5.20. The zero-order valence-electron chi connectivity index (χ0n) is 10.9. The van der Waals surface area contributed by atoms with E-state index < -0.39 is 6.10 Å². The molecule has 0 saturated carbocycles. The van der Waals surface area contributed by atoms with Gasteiger partial charge in [-0.3, -0.25) is 9.59 Å². The molecule has 1 aliphatic rings. The average Bonchev–Trinajstić information content (AvgIpc) is 2.42. The summed E-state index contributed by atoms with van der Waals surface area (Å²) in [5.41, 5.74) is 1.04. The lowest BCUT2D eigenvalue weighted by molar-refractivity contribution is -0.142. The molecule has 2 N–H and O–H groups in total. The van der Waals surface area contributed by atoms with Crippen LogP contribution < -0.4 is 10.6 Å². The summed E-state index contributed by atoms with van der Waals surface area (Å²) < 4.78 is 11.3. The highest BCUT2D eigenvalue weighted by Crippen LogP contribution is 2.26. The molecule has 2 amide bonds. The molecule has 1 saturated heterocycles. The summed E-state index contributed by atoms with van der Waals surface area (Å²) in [5, 5.41) is 5.40. The summed E-state index contributed by atoms with van der Waals surface area (Å²) in [6.45, 7) is 2.54. The molecule has 1 fully saturated rings. The lowest BCUT2D eigenvalue weighted by atomic mass is 10.2. The first-order valence-corrected chi connectivity index (χ1v) is 6.93. The van der Waals surface area contributed by atoms with Gasteiger partial charge in [0.25, 0.3) is 5.91 Å². The first kappa shape index (κ1) is 15.0. The molecular formula is C13H15BrN2O4. The van der Waals surface area contributed by atoms with Crippen LogP contribution >= 0.6 is 15.9 Å². The fourth-order valence-corrected chi connectivity index (χ4v) is 2.13. The second-order valence-electron chi connectivity index (χ2n) is 4.29. The number of hydrogen-bond acceptors (Lipinski definition) is 4. The molecule has 6 nitrogen and oxygen atoms in total. The van der Waals surface area contributed by atoms with Crippen LogP contribution in [-0.4, -0.2) is 37.7 Å². The van der Waals surface area contributed by atoms with Crippen molar-refractivity contribution in [1.29, 1.82) is 0 Å². The Morgan fingerprint density at radius 2 is 2.05 bits per heavy atom. The van der Waals surface area contributed by atoms with Gasteiger partial charge in [-0.05, 0) is 18.2 Å². The van der Waals surface area contributed by atoms with Gasteiger partial charge in [0.1, 0.15) is 0 Å². The third kappa shape index (κ3) is 4.03. The van der Waals surface area contributed by atoms with E-state index in [2.05, 4.69) is 26.6 Å². The molecule has 0 bridgehead atoms. The lowest BCUT2D eigenvalue weighted by Crippen LogP contribution is -2.39. The van der Waals surface area contributed by atoms with E-state index in [-0.39, 0.29) is 18.4 Å². The van der Waals surface area contributed by atoms with Crippen LogP contribution in [-0.2, 0) is 19.1 Å². The summed E-state index contributed by atoms with van der Waals surface area (Å²) in [4.78, 5) is 23.2. The van der Waals surface area contributed by atoms with Gasteiger partial charge in [0.2, 0.25) is 5.91 Å². The van der Waals surface area contributed by atoms with Crippen LogP contribution in [0.2, 0.25) is 0 Å². The molecule has 0 radical (unpaired) electrons. The van der Waals surface area contributed by atoms with Crippen molar-refractivity contribution in [1.82, 2.24) is 0 Å². The Labute approximate surface area is 124 Å². The quantitative estimate of drug-likeness (QED) is 0.877. The van der Waals surface area contributed by atoms with Crippen molar-refractivity contribution in [3.05, 3.63) is 22.7 Å². The Morgan fingerprint density at radius 1 is 1.25 bits per heavy atom. The first-order chi connectivity index (χ1) is 9.56. The Kier molecular flexibility index (Phi) is 5.11. The average molecular weight is 343 g/mol. The monoisotopic (exact) mass is 342 g/mol. The second-order valence-corrected chi connectivity index (χ2v) is 5.21. The van der Waals surface area contributed by atoms with Crippen LogP contribution in [0, 0.1) is 0 Å². The summed E-state index contributed by atoms with van der Waals surface area (Å²) >= 11 is 3.33. The molecule has 0 unspecified atom stereocenters. The zero-order chi connectivity index (χ0) is 14.5. The number of hydrogen-bond donors (Lipinski definition) is 2. The normalized spacial score (nSPS) is 18.4. The molecule has 1 heterocycles. The highest BCUT2D eigenvalue weighted by Gasteiger charge is 2.23. The van der Waals surface area contributed by atoms with E-state index in [1.165, 1.54) is 6.92 Å². The minimum absolute atomic E-state index is 0.208. The van der Waals surface area contributed by atoms with Crippen LogP contribution in [0.15, 0.2) is 22.7 Å². The smallest absolute Gasteiger partial charge is 0.255 e. The van der Waals surface area contributed by atoms with Crippen LogP contribution in [0.3, 0.4) is 0 Å². The number of ether oxygens (including phenoxy) is 2. The van der Waals surface area contributed by atoms with Gasteiger partial charge in [0.05, 0.1) is 31.2 Å².